The van der Waals surface area contributed by atoms with Gasteiger partial charge in [-0.05, 0) is 17.7 Å². The van der Waals surface area contributed by atoms with E-state index >= 15 is 0 Å². The molecule has 0 aliphatic heterocycles. The lowest BCUT2D eigenvalue weighted by atomic mass is 10.1. The maximum absolute atomic E-state index is 5.93. The van der Waals surface area contributed by atoms with E-state index in [1.165, 1.54) is 0 Å². The van der Waals surface area contributed by atoms with Crippen LogP contribution in [-0.4, -0.2) is 15.0 Å². The van der Waals surface area contributed by atoms with Crippen LogP contribution >= 0.6 is 23.2 Å². The van der Waals surface area contributed by atoms with Crippen LogP contribution in [0.15, 0.2) is 42.6 Å². The van der Waals surface area contributed by atoms with Gasteiger partial charge in [-0.2, -0.15) is 0 Å². The minimum absolute atomic E-state index is 0.186. The Hall–Kier alpha value is -1.71. The van der Waals surface area contributed by atoms with Crippen LogP contribution in [0.5, 0.6) is 0 Å². The highest BCUT2D eigenvalue weighted by molar-refractivity contribution is 6.31. The van der Waals surface area contributed by atoms with E-state index in [4.69, 9.17) is 23.2 Å². The molecule has 0 amide bonds. The van der Waals surface area contributed by atoms with E-state index in [9.17, 15) is 0 Å². The van der Waals surface area contributed by atoms with Gasteiger partial charge in [-0.25, -0.2) is 9.97 Å². The number of rotatable bonds is 1. The summed E-state index contributed by atoms with van der Waals surface area (Å²) < 4.78 is 0. The molecule has 3 rings (SSSR count). The van der Waals surface area contributed by atoms with Crippen molar-refractivity contribution in [2.24, 2.45) is 0 Å². The first-order valence-electron chi connectivity index (χ1n) is 5.28. The predicted molar refractivity (Wildman–Crippen MR) is 72.8 cm³/mol. The van der Waals surface area contributed by atoms with Gasteiger partial charge in [0, 0.05) is 11.8 Å². The minimum atomic E-state index is 0.186. The summed E-state index contributed by atoms with van der Waals surface area (Å²) in [6, 6.07) is 11.5. The molecule has 0 atom stereocenters. The molecular weight excluding hydrogens is 269 g/mol. The first-order valence-corrected chi connectivity index (χ1v) is 6.04. The van der Waals surface area contributed by atoms with Gasteiger partial charge in [0.2, 0.25) is 5.28 Å². The molecule has 0 unspecified atom stereocenters. The minimum Gasteiger partial charge on any atom is -0.251 e. The van der Waals surface area contributed by atoms with Crippen LogP contribution in [0.1, 0.15) is 0 Å². The Balaban J connectivity index is 2.35. The van der Waals surface area contributed by atoms with Crippen LogP contribution in [0.3, 0.4) is 0 Å². The number of halogens is 2. The van der Waals surface area contributed by atoms with E-state index in [0.717, 1.165) is 5.56 Å². The average Bonchev–Trinajstić information content (AvgIpc) is 2.38. The van der Waals surface area contributed by atoms with Gasteiger partial charge in [0.15, 0.2) is 0 Å². The molecule has 3 nitrogen and oxygen atoms in total. The number of benzene rings is 1. The highest BCUT2D eigenvalue weighted by Gasteiger charge is 2.10. The molecule has 1 aromatic carbocycles. The second-order valence-corrected chi connectivity index (χ2v) is 4.50. The molecule has 2 aromatic heterocycles. The Kier molecular flexibility index (Phi) is 2.86. The van der Waals surface area contributed by atoms with E-state index in [2.05, 4.69) is 15.0 Å². The normalized spacial score (nSPS) is 10.8. The second kappa shape index (κ2) is 4.52. The predicted octanol–water partition coefficient (Wildman–Crippen LogP) is 4.00. The lowest BCUT2D eigenvalue weighted by molar-refractivity contribution is 1.20. The summed E-state index contributed by atoms with van der Waals surface area (Å²) >= 11 is 11.8. The fourth-order valence-corrected chi connectivity index (χ4v) is 2.09. The van der Waals surface area contributed by atoms with Crippen LogP contribution in [0.4, 0.5) is 0 Å². The number of pyridine rings is 1. The van der Waals surface area contributed by atoms with Gasteiger partial charge in [0.1, 0.15) is 11.2 Å². The van der Waals surface area contributed by atoms with Crippen molar-refractivity contribution in [2.45, 2.75) is 0 Å². The number of hydrogen-bond donors (Lipinski definition) is 0. The molecule has 88 valence electrons. The Bertz CT molecular complexity index is 709. The first kappa shape index (κ1) is 11.4. The van der Waals surface area contributed by atoms with Crippen molar-refractivity contribution in [3.63, 3.8) is 0 Å². The highest BCUT2D eigenvalue weighted by Crippen LogP contribution is 2.26. The highest BCUT2D eigenvalue weighted by atomic mass is 35.5. The summed E-state index contributed by atoms with van der Waals surface area (Å²) in [6.45, 7) is 0. The summed E-state index contributed by atoms with van der Waals surface area (Å²) in [5.41, 5.74) is 2.99. The fourth-order valence-electron chi connectivity index (χ4n) is 1.76. The lowest BCUT2D eigenvalue weighted by Crippen LogP contribution is -1.93. The molecule has 0 aliphatic rings. The van der Waals surface area contributed by atoms with Gasteiger partial charge in [-0.15, -0.1) is 0 Å². The maximum atomic E-state index is 5.93. The van der Waals surface area contributed by atoms with Crippen molar-refractivity contribution < 1.29 is 0 Å². The summed E-state index contributed by atoms with van der Waals surface area (Å²) in [4.78, 5) is 12.7. The molecule has 0 radical (unpaired) electrons. The van der Waals surface area contributed by atoms with E-state index in [-0.39, 0.29) is 5.28 Å². The Morgan fingerprint density at radius 3 is 2.50 bits per heavy atom. The van der Waals surface area contributed by atoms with Crippen molar-refractivity contribution in [1.29, 1.82) is 0 Å². The largest absolute Gasteiger partial charge is 0.251 e. The summed E-state index contributed by atoms with van der Waals surface area (Å²) in [5, 5.41) is 0.710. The second-order valence-electron chi connectivity index (χ2n) is 3.73. The zero-order valence-electron chi connectivity index (χ0n) is 9.14. The summed E-state index contributed by atoms with van der Waals surface area (Å²) in [7, 11) is 0. The number of nitrogens with zero attached hydrogens (tertiary/aromatic N) is 3. The maximum Gasteiger partial charge on any atom is 0.223 e. The zero-order valence-corrected chi connectivity index (χ0v) is 10.7. The Morgan fingerprint density at radius 1 is 0.944 bits per heavy atom. The Labute approximate surface area is 113 Å². The number of fused-ring (bicyclic) bond motifs is 1. The van der Waals surface area contributed by atoms with Gasteiger partial charge < -0.3 is 0 Å². The molecule has 0 bridgehead atoms. The summed E-state index contributed by atoms with van der Waals surface area (Å²) in [5.74, 6) is 0. The number of aromatic nitrogens is 3. The van der Waals surface area contributed by atoms with Crippen molar-refractivity contribution in [3.8, 4) is 11.3 Å². The molecule has 0 saturated carbocycles. The topological polar surface area (TPSA) is 38.7 Å². The molecule has 0 aliphatic carbocycles. The average molecular weight is 276 g/mol. The molecule has 2 heterocycles. The molecule has 0 N–H and O–H groups in total. The van der Waals surface area contributed by atoms with Crippen molar-refractivity contribution >= 4 is 34.2 Å². The van der Waals surface area contributed by atoms with Crippen molar-refractivity contribution in [1.82, 2.24) is 15.0 Å². The van der Waals surface area contributed by atoms with E-state index in [1.54, 1.807) is 12.3 Å². The summed E-state index contributed by atoms with van der Waals surface area (Å²) in [6.07, 6.45) is 1.58. The third kappa shape index (κ3) is 2.03. The van der Waals surface area contributed by atoms with Gasteiger partial charge in [0.05, 0.1) is 10.5 Å². The van der Waals surface area contributed by atoms with Crippen LogP contribution < -0.4 is 0 Å². The van der Waals surface area contributed by atoms with Crippen molar-refractivity contribution in [2.75, 3.05) is 0 Å². The van der Waals surface area contributed by atoms with E-state index in [0.29, 0.717) is 21.7 Å². The van der Waals surface area contributed by atoms with Crippen molar-refractivity contribution in [3.05, 3.63) is 52.9 Å². The third-order valence-electron chi connectivity index (χ3n) is 2.52. The molecule has 5 heteroatoms. The first-order chi connectivity index (χ1) is 8.74. The van der Waals surface area contributed by atoms with Gasteiger partial charge in [-0.3, -0.25) is 4.98 Å². The molecule has 0 spiro atoms. The van der Waals surface area contributed by atoms with E-state index < -0.39 is 0 Å². The molecule has 18 heavy (non-hydrogen) atoms. The standard InChI is InChI=1S/C13H7Cl2N3/c14-9-6-10-12(16-7-9)11(18-13(15)17-10)8-4-2-1-3-5-8/h1-7H. The van der Waals surface area contributed by atoms with Gasteiger partial charge in [0.25, 0.3) is 0 Å². The molecular formula is C13H7Cl2N3. The van der Waals surface area contributed by atoms with E-state index in [1.807, 2.05) is 30.3 Å². The van der Waals surface area contributed by atoms with Gasteiger partial charge in [-0.1, -0.05) is 41.9 Å². The third-order valence-corrected chi connectivity index (χ3v) is 2.90. The molecule has 0 fully saturated rings. The van der Waals surface area contributed by atoms with Crippen LogP contribution in [0.2, 0.25) is 10.3 Å². The fraction of sp³-hybridized carbons (Fsp3) is 0. The van der Waals surface area contributed by atoms with Crippen LogP contribution in [0.25, 0.3) is 22.3 Å². The monoisotopic (exact) mass is 275 g/mol. The lowest BCUT2D eigenvalue weighted by Gasteiger charge is -2.05. The van der Waals surface area contributed by atoms with Gasteiger partial charge >= 0.3 is 0 Å². The smallest absolute Gasteiger partial charge is 0.223 e. The molecule has 0 saturated heterocycles. The quantitative estimate of drug-likeness (QED) is 0.630. The number of hydrogen-bond acceptors (Lipinski definition) is 3. The molecule has 3 aromatic rings. The zero-order chi connectivity index (χ0) is 12.5. The Morgan fingerprint density at radius 2 is 1.72 bits per heavy atom. The SMILES string of the molecule is Clc1cnc2c(-c3ccccc3)nc(Cl)nc2c1. The van der Waals surface area contributed by atoms with Crippen LogP contribution in [0, 0.1) is 0 Å². The van der Waals surface area contributed by atoms with Crippen LogP contribution in [-0.2, 0) is 0 Å².